The third kappa shape index (κ3) is 7.22. The number of ether oxygens (including phenoxy) is 2. The maximum absolute atomic E-state index is 10.6. The molecule has 0 aliphatic carbocycles. The predicted molar refractivity (Wildman–Crippen MR) is 78.0 cm³/mol. The van der Waals surface area contributed by atoms with Gasteiger partial charge in [-0.25, -0.2) is 4.79 Å². The van der Waals surface area contributed by atoms with E-state index in [4.69, 9.17) is 9.84 Å². The third-order valence-electron chi connectivity index (χ3n) is 2.34. The second kappa shape index (κ2) is 9.32. The molecule has 0 aliphatic rings. The maximum atomic E-state index is 10.6. The molecule has 0 aliphatic heterocycles. The molecule has 0 bridgehead atoms. The number of nitrogens with zero attached hydrogens (tertiary/aromatic N) is 1. The Hall–Kier alpha value is -2.64. The minimum absolute atomic E-state index is 0.0299. The molecule has 22 heavy (non-hydrogen) atoms. The van der Waals surface area contributed by atoms with Crippen molar-refractivity contribution < 1.29 is 29.1 Å². The van der Waals surface area contributed by atoms with E-state index in [1.165, 1.54) is 19.1 Å². The minimum Gasteiger partial charge on any atom is -0.481 e. The lowest BCUT2D eigenvalue weighted by Gasteiger charge is -2.09. The van der Waals surface area contributed by atoms with E-state index in [1.807, 2.05) is 0 Å². The van der Waals surface area contributed by atoms with Crippen molar-refractivity contribution >= 4 is 17.6 Å². The van der Waals surface area contributed by atoms with Crippen molar-refractivity contribution in [2.45, 2.75) is 27.7 Å². The van der Waals surface area contributed by atoms with Gasteiger partial charge in [-0.3, -0.25) is 14.9 Å². The summed E-state index contributed by atoms with van der Waals surface area (Å²) in [4.78, 5) is 30.2. The van der Waals surface area contributed by atoms with Crippen LogP contribution < -0.4 is 4.74 Å². The lowest BCUT2D eigenvalue weighted by atomic mass is 10.1. The van der Waals surface area contributed by atoms with Gasteiger partial charge in [-0.2, -0.15) is 0 Å². The van der Waals surface area contributed by atoms with Crippen LogP contribution in [0.3, 0.4) is 0 Å². The number of carboxylic acids is 1. The van der Waals surface area contributed by atoms with Gasteiger partial charge in [0.25, 0.3) is 5.69 Å². The molecule has 122 valence electrons. The normalized spacial score (nSPS) is 9.27. The molecular weight excluding hydrogens is 294 g/mol. The molecule has 0 amide bonds. The van der Waals surface area contributed by atoms with Crippen LogP contribution in [0, 0.1) is 24.0 Å². The first-order valence-electron chi connectivity index (χ1n) is 6.42. The second-order valence-corrected chi connectivity index (χ2v) is 4.27. The Balaban J connectivity index is 0.000000626. The number of nitro groups is 1. The highest BCUT2D eigenvalue weighted by atomic mass is 16.6. The summed E-state index contributed by atoms with van der Waals surface area (Å²) in [7, 11) is 0. The SMILES string of the molecule is CCOC(C)=O.Cc1cc([N+](=O)[O-])cc(C)c1OCC(=O)O. The monoisotopic (exact) mass is 313 g/mol. The Morgan fingerprint density at radius 2 is 1.77 bits per heavy atom. The number of benzene rings is 1. The van der Waals surface area contributed by atoms with Gasteiger partial charge >= 0.3 is 11.9 Å². The molecular formula is C14H19NO7. The molecule has 8 nitrogen and oxygen atoms in total. The van der Waals surface area contributed by atoms with Crippen molar-refractivity contribution in [3.8, 4) is 5.75 Å². The van der Waals surface area contributed by atoms with E-state index in [9.17, 15) is 19.7 Å². The largest absolute Gasteiger partial charge is 0.481 e. The van der Waals surface area contributed by atoms with Crippen molar-refractivity contribution in [2.24, 2.45) is 0 Å². The van der Waals surface area contributed by atoms with Crippen LogP contribution >= 0.6 is 0 Å². The van der Waals surface area contributed by atoms with Crippen LogP contribution in [-0.4, -0.2) is 35.2 Å². The topological polar surface area (TPSA) is 116 Å². The van der Waals surface area contributed by atoms with Crippen LogP contribution in [0.1, 0.15) is 25.0 Å². The Morgan fingerprint density at radius 1 is 1.27 bits per heavy atom. The number of aliphatic carboxylic acids is 1. The zero-order valence-electron chi connectivity index (χ0n) is 12.9. The van der Waals surface area contributed by atoms with E-state index in [0.29, 0.717) is 23.5 Å². The molecule has 1 aromatic carbocycles. The van der Waals surface area contributed by atoms with E-state index < -0.39 is 17.5 Å². The van der Waals surface area contributed by atoms with Crippen molar-refractivity contribution in [1.82, 2.24) is 0 Å². The molecule has 0 heterocycles. The molecule has 0 saturated heterocycles. The van der Waals surface area contributed by atoms with Crippen molar-refractivity contribution in [1.29, 1.82) is 0 Å². The molecule has 0 atom stereocenters. The number of rotatable bonds is 5. The number of hydrogen-bond donors (Lipinski definition) is 1. The molecule has 0 spiro atoms. The summed E-state index contributed by atoms with van der Waals surface area (Å²) in [6.07, 6.45) is 0. The minimum atomic E-state index is -1.09. The second-order valence-electron chi connectivity index (χ2n) is 4.27. The predicted octanol–water partition coefficient (Wildman–Crippen LogP) is 2.24. The molecule has 0 saturated carbocycles. The van der Waals surface area contributed by atoms with Gasteiger partial charge < -0.3 is 14.6 Å². The lowest BCUT2D eigenvalue weighted by Crippen LogP contribution is -2.11. The van der Waals surface area contributed by atoms with Crippen molar-refractivity contribution in [3.63, 3.8) is 0 Å². The number of non-ortho nitro benzene ring substituents is 1. The Kier molecular flexibility index (Phi) is 8.21. The highest BCUT2D eigenvalue weighted by Crippen LogP contribution is 2.28. The van der Waals surface area contributed by atoms with Gasteiger partial charge in [0.15, 0.2) is 6.61 Å². The maximum Gasteiger partial charge on any atom is 0.341 e. The van der Waals surface area contributed by atoms with E-state index in [1.54, 1.807) is 20.8 Å². The molecule has 1 rings (SSSR count). The molecule has 0 unspecified atom stereocenters. The molecule has 8 heteroatoms. The van der Waals surface area contributed by atoms with Crippen molar-refractivity contribution in [2.75, 3.05) is 13.2 Å². The summed E-state index contributed by atoms with van der Waals surface area (Å²) in [5, 5.41) is 19.0. The van der Waals surface area contributed by atoms with Crippen LogP contribution in [0.15, 0.2) is 12.1 Å². The number of nitro benzene ring substituents is 1. The third-order valence-corrected chi connectivity index (χ3v) is 2.34. The number of carbonyl (C=O) groups is 2. The Bertz CT molecular complexity index is 531. The smallest absolute Gasteiger partial charge is 0.341 e. The first-order valence-corrected chi connectivity index (χ1v) is 6.42. The summed E-state index contributed by atoms with van der Waals surface area (Å²) in [5.41, 5.74) is 1.07. The standard InChI is InChI=1S/C10H11NO5.C4H8O2/c1-6-3-8(11(14)15)4-7(2)10(6)16-5-9(12)13;1-3-6-4(2)5/h3-4H,5H2,1-2H3,(H,12,13);3H2,1-2H3. The fourth-order valence-electron chi connectivity index (χ4n) is 1.60. The number of esters is 1. The molecule has 0 fully saturated rings. The zero-order chi connectivity index (χ0) is 17.3. The average Bonchev–Trinajstić information content (AvgIpc) is 2.37. The summed E-state index contributed by atoms with van der Waals surface area (Å²) in [5.74, 6) is -0.914. The number of carbonyl (C=O) groups excluding carboxylic acids is 1. The van der Waals surface area contributed by atoms with Gasteiger partial charge in [0.1, 0.15) is 5.75 Å². The number of hydrogen-bond acceptors (Lipinski definition) is 6. The number of aryl methyl sites for hydroxylation is 2. The molecule has 1 aromatic rings. The van der Waals surface area contributed by atoms with E-state index in [-0.39, 0.29) is 11.7 Å². The van der Waals surface area contributed by atoms with Crippen LogP contribution in [0.2, 0.25) is 0 Å². The lowest BCUT2D eigenvalue weighted by molar-refractivity contribution is -0.385. The first-order chi connectivity index (χ1) is 10.2. The fourth-order valence-corrected chi connectivity index (χ4v) is 1.60. The van der Waals surface area contributed by atoms with Crippen LogP contribution in [-0.2, 0) is 14.3 Å². The summed E-state index contributed by atoms with van der Waals surface area (Å²) in [6.45, 7) is 6.47. The number of carboxylic acid groups (broad SMARTS) is 1. The van der Waals surface area contributed by atoms with E-state index in [2.05, 4.69) is 4.74 Å². The van der Waals surface area contributed by atoms with Gasteiger partial charge in [0, 0.05) is 19.1 Å². The van der Waals surface area contributed by atoms with Gasteiger partial charge in [-0.1, -0.05) is 0 Å². The highest BCUT2D eigenvalue weighted by molar-refractivity contribution is 5.68. The van der Waals surface area contributed by atoms with Crippen molar-refractivity contribution in [3.05, 3.63) is 33.4 Å². The van der Waals surface area contributed by atoms with Crippen LogP contribution in [0.4, 0.5) is 5.69 Å². The van der Waals surface area contributed by atoms with Gasteiger partial charge in [-0.15, -0.1) is 0 Å². The van der Waals surface area contributed by atoms with E-state index >= 15 is 0 Å². The van der Waals surface area contributed by atoms with Gasteiger partial charge in [0.2, 0.25) is 0 Å². The Labute approximate surface area is 127 Å². The summed E-state index contributed by atoms with van der Waals surface area (Å²) in [6, 6.07) is 2.70. The average molecular weight is 313 g/mol. The van der Waals surface area contributed by atoms with Crippen LogP contribution in [0.25, 0.3) is 0 Å². The quantitative estimate of drug-likeness (QED) is 0.503. The fraction of sp³-hybridized carbons (Fsp3) is 0.429. The summed E-state index contributed by atoms with van der Waals surface area (Å²) < 4.78 is 9.44. The Morgan fingerprint density at radius 3 is 2.05 bits per heavy atom. The summed E-state index contributed by atoms with van der Waals surface area (Å²) >= 11 is 0. The van der Waals surface area contributed by atoms with Gasteiger partial charge in [0.05, 0.1) is 11.5 Å². The van der Waals surface area contributed by atoms with E-state index in [0.717, 1.165) is 0 Å². The zero-order valence-corrected chi connectivity index (χ0v) is 12.9. The molecule has 1 N–H and O–H groups in total. The molecule has 0 radical (unpaired) electrons. The molecule has 0 aromatic heterocycles. The van der Waals surface area contributed by atoms with Crippen LogP contribution in [0.5, 0.6) is 5.75 Å². The highest BCUT2D eigenvalue weighted by Gasteiger charge is 2.13. The first kappa shape index (κ1) is 19.4. The van der Waals surface area contributed by atoms with Gasteiger partial charge in [-0.05, 0) is 31.9 Å².